The lowest BCUT2D eigenvalue weighted by Crippen LogP contribution is -2.07. The van der Waals surface area contributed by atoms with Crippen molar-refractivity contribution >= 4 is 17.1 Å². The number of halogens is 2. The normalized spacial score (nSPS) is 12.4. The van der Waals surface area contributed by atoms with Crippen molar-refractivity contribution in [2.45, 2.75) is 33.6 Å². The molecule has 0 aliphatic heterocycles. The van der Waals surface area contributed by atoms with Gasteiger partial charge in [0.1, 0.15) is 5.78 Å². The van der Waals surface area contributed by atoms with Crippen molar-refractivity contribution in [3.05, 3.63) is 45.7 Å². The number of Topliss-reactive ketones (excluding diaryl/α,β-unsaturated/α-hetero) is 1. The van der Waals surface area contributed by atoms with Crippen LogP contribution in [0.4, 0.5) is 8.78 Å². The third kappa shape index (κ3) is 3.56. The van der Waals surface area contributed by atoms with Gasteiger partial charge in [0.25, 0.3) is 0 Å². The van der Waals surface area contributed by atoms with E-state index in [0.717, 1.165) is 30.0 Å². The van der Waals surface area contributed by atoms with Gasteiger partial charge in [0.05, 0.1) is 0 Å². The van der Waals surface area contributed by atoms with Gasteiger partial charge in [0.2, 0.25) is 0 Å². The first-order valence-electron chi connectivity index (χ1n) is 6.93. The molecule has 1 aromatic heterocycles. The lowest BCUT2D eigenvalue weighted by Gasteiger charge is -2.07. The highest BCUT2D eigenvalue weighted by atomic mass is 32.1. The fourth-order valence-electron chi connectivity index (χ4n) is 2.20. The topological polar surface area (TPSA) is 17.1 Å². The summed E-state index contributed by atoms with van der Waals surface area (Å²) in [6, 6.07) is 3.97. The maximum atomic E-state index is 13.3. The predicted octanol–water partition coefficient (Wildman–Crippen LogP) is 5.16. The standard InChI is InChI=1S/C17H18F2OS/c1-10(12(3)20)4-7-17-11(2)14(9-21-17)13-5-6-15(18)16(19)8-13/h5-6,8-10H,4,7H2,1-3H3. The molecule has 0 radical (unpaired) electrons. The van der Waals surface area contributed by atoms with E-state index in [1.54, 1.807) is 24.3 Å². The minimum absolute atomic E-state index is 0.0539. The van der Waals surface area contributed by atoms with Crippen LogP contribution in [0.25, 0.3) is 11.1 Å². The molecule has 2 rings (SSSR count). The van der Waals surface area contributed by atoms with Crippen LogP contribution in [0.1, 0.15) is 30.7 Å². The third-order valence-corrected chi connectivity index (χ3v) is 5.02. The van der Waals surface area contributed by atoms with Crippen LogP contribution in [0.2, 0.25) is 0 Å². The van der Waals surface area contributed by atoms with Gasteiger partial charge in [0.15, 0.2) is 11.6 Å². The average molecular weight is 308 g/mol. The van der Waals surface area contributed by atoms with Gasteiger partial charge in [0, 0.05) is 10.8 Å². The summed E-state index contributed by atoms with van der Waals surface area (Å²) < 4.78 is 26.3. The summed E-state index contributed by atoms with van der Waals surface area (Å²) in [6.07, 6.45) is 1.65. The minimum Gasteiger partial charge on any atom is -0.300 e. The lowest BCUT2D eigenvalue weighted by atomic mass is 9.98. The van der Waals surface area contributed by atoms with Crippen molar-refractivity contribution in [2.24, 2.45) is 5.92 Å². The summed E-state index contributed by atoms with van der Waals surface area (Å²) in [4.78, 5) is 12.5. The van der Waals surface area contributed by atoms with Crippen LogP contribution in [0.3, 0.4) is 0 Å². The van der Waals surface area contributed by atoms with Crippen molar-refractivity contribution in [1.29, 1.82) is 0 Å². The van der Waals surface area contributed by atoms with Gasteiger partial charge in [-0.1, -0.05) is 13.0 Å². The molecule has 0 amide bonds. The zero-order chi connectivity index (χ0) is 15.6. The highest BCUT2D eigenvalue weighted by Crippen LogP contribution is 2.33. The molecule has 4 heteroatoms. The van der Waals surface area contributed by atoms with Gasteiger partial charge in [-0.3, -0.25) is 4.79 Å². The van der Waals surface area contributed by atoms with Gasteiger partial charge >= 0.3 is 0 Å². The molecule has 0 spiro atoms. The average Bonchev–Trinajstić information content (AvgIpc) is 2.80. The lowest BCUT2D eigenvalue weighted by molar-refractivity contribution is -0.120. The number of thiophene rings is 1. The van der Waals surface area contributed by atoms with E-state index in [4.69, 9.17) is 0 Å². The SMILES string of the molecule is CC(=O)C(C)CCc1scc(-c2ccc(F)c(F)c2)c1C. The van der Waals surface area contributed by atoms with Crippen molar-refractivity contribution in [3.8, 4) is 11.1 Å². The molecule has 0 bridgehead atoms. The Morgan fingerprint density at radius 3 is 2.62 bits per heavy atom. The largest absolute Gasteiger partial charge is 0.300 e. The number of ketones is 1. The molecule has 21 heavy (non-hydrogen) atoms. The van der Waals surface area contributed by atoms with E-state index < -0.39 is 11.6 Å². The molecule has 1 unspecified atom stereocenters. The minimum atomic E-state index is -0.831. The van der Waals surface area contributed by atoms with E-state index in [2.05, 4.69) is 0 Å². The van der Waals surface area contributed by atoms with Gasteiger partial charge < -0.3 is 0 Å². The molecule has 0 saturated heterocycles. The summed E-state index contributed by atoms with van der Waals surface area (Å²) in [5.74, 6) is -1.41. The number of aryl methyl sites for hydroxylation is 1. The summed E-state index contributed by atoms with van der Waals surface area (Å²) >= 11 is 1.61. The fraction of sp³-hybridized carbons (Fsp3) is 0.353. The third-order valence-electron chi connectivity index (χ3n) is 3.87. The van der Waals surface area contributed by atoms with Crippen molar-refractivity contribution in [3.63, 3.8) is 0 Å². The maximum Gasteiger partial charge on any atom is 0.159 e. The first-order valence-corrected chi connectivity index (χ1v) is 7.81. The van der Waals surface area contributed by atoms with E-state index in [1.807, 2.05) is 19.2 Å². The smallest absolute Gasteiger partial charge is 0.159 e. The van der Waals surface area contributed by atoms with Crippen molar-refractivity contribution in [2.75, 3.05) is 0 Å². The zero-order valence-electron chi connectivity index (χ0n) is 12.4. The highest BCUT2D eigenvalue weighted by Gasteiger charge is 2.14. The van der Waals surface area contributed by atoms with Crippen molar-refractivity contribution < 1.29 is 13.6 Å². The van der Waals surface area contributed by atoms with E-state index in [1.165, 1.54) is 10.9 Å². The molecule has 1 nitrogen and oxygen atoms in total. The molecular formula is C17H18F2OS. The van der Waals surface area contributed by atoms with E-state index in [-0.39, 0.29) is 11.7 Å². The number of rotatable bonds is 5. The molecule has 1 aromatic carbocycles. The highest BCUT2D eigenvalue weighted by molar-refractivity contribution is 7.10. The Hall–Kier alpha value is -1.55. The van der Waals surface area contributed by atoms with E-state index >= 15 is 0 Å². The molecule has 0 fully saturated rings. The Labute approximate surface area is 127 Å². The molecule has 0 N–H and O–H groups in total. The summed E-state index contributed by atoms with van der Waals surface area (Å²) in [7, 11) is 0. The first kappa shape index (κ1) is 15.8. The quantitative estimate of drug-likeness (QED) is 0.745. The van der Waals surface area contributed by atoms with Crippen LogP contribution < -0.4 is 0 Å². The molecular weight excluding hydrogens is 290 g/mol. The van der Waals surface area contributed by atoms with Crippen LogP contribution in [-0.4, -0.2) is 5.78 Å². The van der Waals surface area contributed by atoms with Crippen LogP contribution >= 0.6 is 11.3 Å². The summed E-state index contributed by atoms with van der Waals surface area (Å²) in [6.45, 7) is 5.53. The van der Waals surface area contributed by atoms with Crippen LogP contribution in [0, 0.1) is 24.5 Å². The van der Waals surface area contributed by atoms with Crippen LogP contribution in [0.5, 0.6) is 0 Å². The van der Waals surface area contributed by atoms with E-state index in [9.17, 15) is 13.6 Å². The molecule has 112 valence electrons. The maximum absolute atomic E-state index is 13.3. The Kier molecular flexibility index (Phi) is 4.88. The molecule has 0 aliphatic carbocycles. The summed E-state index contributed by atoms with van der Waals surface area (Å²) in [5, 5.41) is 1.97. The van der Waals surface area contributed by atoms with Gasteiger partial charge in [-0.2, -0.15) is 0 Å². The first-order chi connectivity index (χ1) is 9.90. The number of hydrogen-bond donors (Lipinski definition) is 0. The Morgan fingerprint density at radius 2 is 2.00 bits per heavy atom. The van der Waals surface area contributed by atoms with Gasteiger partial charge in [-0.25, -0.2) is 8.78 Å². The molecule has 0 saturated carbocycles. The fourth-order valence-corrected chi connectivity index (χ4v) is 3.30. The number of hydrogen-bond acceptors (Lipinski definition) is 2. The predicted molar refractivity (Wildman–Crippen MR) is 82.6 cm³/mol. The monoisotopic (exact) mass is 308 g/mol. The molecule has 2 aromatic rings. The van der Waals surface area contributed by atoms with Gasteiger partial charge in [-0.15, -0.1) is 11.3 Å². The Balaban J connectivity index is 2.20. The summed E-state index contributed by atoms with van der Waals surface area (Å²) in [5.41, 5.74) is 2.71. The molecule has 1 atom stereocenters. The van der Waals surface area contributed by atoms with Crippen LogP contribution in [-0.2, 0) is 11.2 Å². The second kappa shape index (κ2) is 6.48. The number of benzene rings is 1. The van der Waals surface area contributed by atoms with Gasteiger partial charge in [-0.05, 0) is 60.9 Å². The zero-order valence-corrected chi connectivity index (χ0v) is 13.2. The molecule has 1 heterocycles. The number of carbonyl (C=O) groups is 1. The second-order valence-corrected chi connectivity index (χ2v) is 6.34. The van der Waals surface area contributed by atoms with E-state index in [0.29, 0.717) is 5.56 Å². The molecule has 0 aliphatic rings. The van der Waals surface area contributed by atoms with Crippen LogP contribution in [0.15, 0.2) is 23.6 Å². The Morgan fingerprint density at radius 1 is 1.29 bits per heavy atom. The van der Waals surface area contributed by atoms with Crippen molar-refractivity contribution in [1.82, 2.24) is 0 Å². The second-order valence-electron chi connectivity index (χ2n) is 5.38. The number of carbonyl (C=O) groups excluding carboxylic acids is 1. The Bertz CT molecular complexity index is 661.